The zero-order valence-corrected chi connectivity index (χ0v) is 22.2. The van der Waals surface area contributed by atoms with E-state index in [9.17, 15) is 4.79 Å². The summed E-state index contributed by atoms with van der Waals surface area (Å²) in [5.41, 5.74) is 1.12. The second-order valence-electron chi connectivity index (χ2n) is 10.6. The smallest absolute Gasteiger partial charge is 0.261 e. The van der Waals surface area contributed by atoms with Crippen molar-refractivity contribution in [1.82, 2.24) is 0 Å². The van der Waals surface area contributed by atoms with E-state index < -0.39 is 8.32 Å². The van der Waals surface area contributed by atoms with Crippen LogP contribution in [0, 0.1) is 5.92 Å². The van der Waals surface area contributed by atoms with Crippen LogP contribution in [0.1, 0.15) is 53.4 Å². The average molecular weight is 477 g/mol. The predicted molar refractivity (Wildman–Crippen MR) is 144 cm³/mol. The van der Waals surface area contributed by atoms with Gasteiger partial charge in [-0.25, -0.2) is 0 Å². The van der Waals surface area contributed by atoms with Crippen molar-refractivity contribution in [2.75, 3.05) is 6.61 Å². The standard InChI is InChI=1S/C30H40O3Si/c1-24(22-27-14-12-13-26(33-27)19-20-31)21-25(2)23-32-34(30(3,4)5,28-15-8-6-9-16-28)29-17-10-7-11-18-29/h6-13,15-18,20,24,26-27H,2,14,19,21-23H2,1,3-5H3/t24-,26-,27-/m0/s1. The van der Waals surface area contributed by atoms with E-state index in [-0.39, 0.29) is 17.2 Å². The summed E-state index contributed by atoms with van der Waals surface area (Å²) in [7, 11) is -2.55. The molecular weight excluding hydrogens is 436 g/mol. The minimum atomic E-state index is -2.55. The lowest BCUT2D eigenvalue weighted by atomic mass is 9.94. The van der Waals surface area contributed by atoms with Gasteiger partial charge in [0.25, 0.3) is 8.32 Å². The summed E-state index contributed by atoms with van der Waals surface area (Å²) in [4.78, 5) is 10.8. The summed E-state index contributed by atoms with van der Waals surface area (Å²) in [6.45, 7) is 14.1. The van der Waals surface area contributed by atoms with Crippen molar-refractivity contribution in [3.05, 3.63) is 85.0 Å². The Kier molecular flexibility index (Phi) is 9.23. The normalized spacial score (nSPS) is 19.5. The minimum absolute atomic E-state index is 0.0442. The molecule has 0 spiro atoms. The topological polar surface area (TPSA) is 35.5 Å². The number of hydrogen-bond acceptors (Lipinski definition) is 3. The van der Waals surface area contributed by atoms with E-state index >= 15 is 0 Å². The average Bonchev–Trinajstić information content (AvgIpc) is 2.80. The van der Waals surface area contributed by atoms with Gasteiger partial charge in [-0.3, -0.25) is 0 Å². The van der Waals surface area contributed by atoms with Gasteiger partial charge >= 0.3 is 0 Å². The molecule has 2 aromatic carbocycles. The van der Waals surface area contributed by atoms with Crippen molar-refractivity contribution >= 4 is 25.0 Å². The molecule has 0 N–H and O–H groups in total. The van der Waals surface area contributed by atoms with Crippen LogP contribution in [0.2, 0.25) is 5.04 Å². The molecule has 182 valence electrons. The third-order valence-corrected chi connectivity index (χ3v) is 11.6. The molecule has 0 saturated heterocycles. The molecule has 0 radical (unpaired) electrons. The van der Waals surface area contributed by atoms with Crippen molar-refractivity contribution < 1.29 is 14.0 Å². The number of aldehydes is 1. The molecule has 1 aliphatic rings. The Labute approximate surface area is 207 Å². The van der Waals surface area contributed by atoms with Crippen molar-refractivity contribution in [3.63, 3.8) is 0 Å². The van der Waals surface area contributed by atoms with E-state index in [1.807, 2.05) is 6.08 Å². The van der Waals surface area contributed by atoms with Crippen LogP contribution in [0.3, 0.4) is 0 Å². The van der Waals surface area contributed by atoms with Gasteiger partial charge in [0.15, 0.2) is 0 Å². The number of rotatable bonds is 11. The van der Waals surface area contributed by atoms with Crippen LogP contribution in [0.15, 0.2) is 85.0 Å². The molecule has 0 aromatic heterocycles. The largest absolute Gasteiger partial charge is 0.403 e. The lowest BCUT2D eigenvalue weighted by Gasteiger charge is -2.43. The maximum Gasteiger partial charge on any atom is 0.261 e. The van der Waals surface area contributed by atoms with Crippen molar-refractivity contribution in [2.24, 2.45) is 5.92 Å². The summed E-state index contributed by atoms with van der Waals surface area (Å²) >= 11 is 0. The first-order valence-electron chi connectivity index (χ1n) is 12.4. The Morgan fingerprint density at radius 2 is 1.71 bits per heavy atom. The van der Waals surface area contributed by atoms with Gasteiger partial charge in [0.1, 0.15) is 6.29 Å². The Morgan fingerprint density at radius 3 is 2.24 bits per heavy atom. The quantitative estimate of drug-likeness (QED) is 0.232. The molecule has 0 aliphatic carbocycles. The molecule has 1 aliphatic heterocycles. The molecule has 0 bridgehead atoms. The highest BCUT2D eigenvalue weighted by molar-refractivity contribution is 6.99. The molecule has 34 heavy (non-hydrogen) atoms. The summed E-state index contributed by atoms with van der Waals surface area (Å²) < 4.78 is 13.1. The van der Waals surface area contributed by atoms with Gasteiger partial charge in [-0.05, 0) is 40.6 Å². The lowest BCUT2D eigenvalue weighted by Crippen LogP contribution is -2.66. The SMILES string of the molecule is C=C(CO[Si](c1ccccc1)(c1ccccc1)C(C)(C)C)C[C@H](C)C[C@@H]1CC=C[C@@H](CC=O)O1. The van der Waals surface area contributed by atoms with Gasteiger partial charge in [0.2, 0.25) is 0 Å². The summed E-state index contributed by atoms with van der Waals surface area (Å²) in [5.74, 6) is 0.434. The van der Waals surface area contributed by atoms with E-state index in [4.69, 9.17) is 9.16 Å². The van der Waals surface area contributed by atoms with Crippen LogP contribution < -0.4 is 10.4 Å². The molecule has 4 heteroatoms. The van der Waals surface area contributed by atoms with E-state index in [2.05, 4.69) is 101 Å². The predicted octanol–water partition coefficient (Wildman–Crippen LogP) is 5.84. The molecule has 1 heterocycles. The second-order valence-corrected chi connectivity index (χ2v) is 14.9. The third-order valence-electron chi connectivity index (χ3n) is 6.66. The van der Waals surface area contributed by atoms with E-state index in [0.717, 1.165) is 31.1 Å². The summed E-state index contributed by atoms with van der Waals surface area (Å²) in [6.07, 6.45) is 8.37. The fourth-order valence-corrected chi connectivity index (χ4v) is 9.74. The monoisotopic (exact) mass is 476 g/mol. The Balaban J connectivity index is 1.71. The molecule has 0 unspecified atom stereocenters. The fourth-order valence-electron chi connectivity index (χ4n) is 5.17. The van der Waals surface area contributed by atoms with E-state index in [1.165, 1.54) is 10.4 Å². The van der Waals surface area contributed by atoms with Crippen LogP contribution in [-0.2, 0) is 14.0 Å². The van der Waals surface area contributed by atoms with Crippen molar-refractivity contribution in [1.29, 1.82) is 0 Å². The molecule has 3 atom stereocenters. The highest BCUT2D eigenvalue weighted by Crippen LogP contribution is 2.37. The Bertz CT molecular complexity index is 907. The second kappa shape index (κ2) is 11.9. The van der Waals surface area contributed by atoms with Crippen LogP contribution in [0.25, 0.3) is 0 Å². The summed E-state index contributed by atoms with van der Waals surface area (Å²) in [6, 6.07) is 21.5. The maximum absolute atomic E-state index is 10.8. The van der Waals surface area contributed by atoms with Crippen LogP contribution in [0.5, 0.6) is 0 Å². The lowest BCUT2D eigenvalue weighted by molar-refractivity contribution is -0.111. The first kappa shape index (κ1) is 26.3. The van der Waals surface area contributed by atoms with Crippen LogP contribution in [0.4, 0.5) is 0 Å². The number of hydrogen-bond donors (Lipinski definition) is 0. The van der Waals surface area contributed by atoms with Crippen LogP contribution >= 0.6 is 0 Å². The van der Waals surface area contributed by atoms with Gasteiger partial charge < -0.3 is 14.0 Å². The van der Waals surface area contributed by atoms with Gasteiger partial charge in [0.05, 0.1) is 18.8 Å². The van der Waals surface area contributed by atoms with Crippen molar-refractivity contribution in [2.45, 2.75) is 70.6 Å². The van der Waals surface area contributed by atoms with Crippen molar-refractivity contribution in [3.8, 4) is 0 Å². The number of benzene rings is 2. The highest BCUT2D eigenvalue weighted by atomic mass is 28.4. The molecular formula is C30H40O3Si. The van der Waals surface area contributed by atoms with E-state index in [0.29, 0.717) is 18.9 Å². The van der Waals surface area contributed by atoms with Crippen LogP contribution in [-0.4, -0.2) is 33.4 Å². The molecule has 0 amide bonds. The first-order valence-corrected chi connectivity index (χ1v) is 14.3. The molecule has 0 fully saturated rings. The highest BCUT2D eigenvalue weighted by Gasteiger charge is 2.50. The van der Waals surface area contributed by atoms with Gasteiger partial charge in [-0.1, -0.05) is 113 Å². The van der Waals surface area contributed by atoms with Gasteiger partial charge in [-0.15, -0.1) is 0 Å². The van der Waals surface area contributed by atoms with Gasteiger partial charge in [0, 0.05) is 6.42 Å². The molecule has 3 nitrogen and oxygen atoms in total. The summed E-state index contributed by atoms with van der Waals surface area (Å²) in [5, 5.41) is 2.54. The fraction of sp³-hybridized carbons (Fsp3) is 0.433. The maximum atomic E-state index is 10.8. The van der Waals surface area contributed by atoms with Gasteiger partial charge in [-0.2, -0.15) is 0 Å². The third kappa shape index (κ3) is 6.44. The minimum Gasteiger partial charge on any atom is -0.403 e. The molecule has 3 rings (SSSR count). The number of ether oxygens (including phenoxy) is 1. The first-order chi connectivity index (χ1) is 16.3. The zero-order valence-electron chi connectivity index (χ0n) is 21.2. The number of carbonyl (C=O) groups is 1. The molecule has 0 saturated carbocycles. The Morgan fingerprint density at radius 1 is 1.12 bits per heavy atom. The van der Waals surface area contributed by atoms with E-state index in [1.54, 1.807) is 0 Å². The Hall–Kier alpha value is -2.27. The molecule has 2 aromatic rings. The zero-order chi connectivity index (χ0) is 24.6. The number of carbonyl (C=O) groups excluding carboxylic acids is 1.